The van der Waals surface area contributed by atoms with E-state index in [4.69, 9.17) is 17.0 Å². The zero-order valence-corrected chi connectivity index (χ0v) is 41.1. The molecule has 0 unspecified atom stereocenters. The maximum absolute atomic E-state index is 4.93. The minimum atomic E-state index is -1.38. The summed E-state index contributed by atoms with van der Waals surface area (Å²) in [5.41, 5.74) is 8.83. The van der Waals surface area contributed by atoms with Gasteiger partial charge in [0.05, 0.1) is 16.1 Å². The summed E-state index contributed by atoms with van der Waals surface area (Å²) in [6, 6.07) is 40.9. The predicted octanol–water partition coefficient (Wildman–Crippen LogP) is 14.3. The first-order chi connectivity index (χ1) is 24.2. The Balaban J connectivity index is 0.000000244. The summed E-state index contributed by atoms with van der Waals surface area (Å²) >= 11 is -0.826. The van der Waals surface area contributed by atoms with E-state index >= 15 is 0 Å². The van der Waals surface area contributed by atoms with E-state index in [9.17, 15) is 0 Å². The average molecular weight is 859 g/mol. The van der Waals surface area contributed by atoms with Gasteiger partial charge in [-0.3, -0.25) is 0 Å². The topological polar surface area (TPSA) is 0 Å². The molecule has 6 rings (SSSR count). The summed E-state index contributed by atoms with van der Waals surface area (Å²) in [5, 5.41) is 8.60. The second-order valence-corrected chi connectivity index (χ2v) is 32.6. The molecule has 0 spiro atoms. The fourth-order valence-corrected chi connectivity index (χ4v) is 9.79. The molecule has 6 heteroatoms. The molecule has 52 heavy (non-hydrogen) atoms. The molecule has 0 saturated carbocycles. The second-order valence-electron chi connectivity index (χ2n) is 17.8. The van der Waals surface area contributed by atoms with Gasteiger partial charge in [0.25, 0.3) is 0 Å². The van der Waals surface area contributed by atoms with Crippen molar-refractivity contribution >= 4 is 74.6 Å². The van der Waals surface area contributed by atoms with Gasteiger partial charge >= 0.3 is 37.9 Å². The number of hydrogen-bond acceptors (Lipinski definition) is 0. The number of halogens is 2. The Labute approximate surface area is 340 Å². The van der Waals surface area contributed by atoms with E-state index in [1.54, 1.807) is 10.4 Å². The first kappa shape index (κ1) is 44.6. The van der Waals surface area contributed by atoms with Crippen LogP contribution in [0, 0.1) is 0 Å². The molecule has 0 atom stereocenters. The molecule has 6 aromatic carbocycles. The summed E-state index contributed by atoms with van der Waals surface area (Å²) in [6.07, 6.45) is 0. The Kier molecular flexibility index (Phi) is 16.0. The fourth-order valence-electron chi connectivity index (χ4n) is 6.55. The summed E-state index contributed by atoms with van der Waals surface area (Å²) in [7, 11) is 8.20. The van der Waals surface area contributed by atoms with Gasteiger partial charge in [0.1, 0.15) is 0 Å². The molecular weight excluding hydrogens is 799 g/mol. The summed E-state index contributed by atoms with van der Waals surface area (Å²) < 4.78 is 0. The molecule has 0 saturated heterocycles. The molecule has 0 amide bonds. The summed E-state index contributed by atoms with van der Waals surface area (Å²) in [4.78, 5) is 0. The van der Waals surface area contributed by atoms with E-state index in [2.05, 4.69) is 203 Å². The van der Waals surface area contributed by atoms with Crippen molar-refractivity contribution < 1.29 is 20.8 Å². The van der Waals surface area contributed by atoms with Gasteiger partial charge in [-0.05, 0) is 22.0 Å². The third kappa shape index (κ3) is 11.6. The van der Waals surface area contributed by atoms with Gasteiger partial charge in [-0.2, -0.15) is 12.1 Å². The van der Waals surface area contributed by atoms with Crippen LogP contribution < -0.4 is 10.4 Å². The molecule has 0 N–H and O–H groups in total. The van der Waals surface area contributed by atoms with E-state index < -0.39 is 37.0 Å². The van der Waals surface area contributed by atoms with Crippen molar-refractivity contribution in [1.29, 1.82) is 0 Å². The Hall–Kier alpha value is -1.79. The molecule has 6 aromatic rings. The Morgan fingerprint density at radius 3 is 1.08 bits per heavy atom. The van der Waals surface area contributed by atoms with Crippen molar-refractivity contribution in [3.05, 3.63) is 120 Å². The van der Waals surface area contributed by atoms with Gasteiger partial charge < -0.3 is 0 Å². The standard InChI is InChI=1S/2C22H27Si.C2H6Si.2ClH.Zr/c2*1-22(2,3)17-14-16-10-9-12-18(20(16)15-17)19-11-7-8-13-21(19)23(4,5)6;1-3-2;;;/h2*7-15H,1-6H3;1-2H3;2*1H;/q2*-1;;;;+4/p-2. The molecule has 0 aliphatic heterocycles. The molecule has 0 heterocycles. The molecule has 0 bridgehead atoms. The van der Waals surface area contributed by atoms with Crippen LogP contribution in [0.15, 0.2) is 109 Å². The molecular formula is C46H60Cl2Si3Zr. The molecule has 0 aromatic heterocycles. The van der Waals surface area contributed by atoms with Crippen molar-refractivity contribution in [2.24, 2.45) is 0 Å². The van der Waals surface area contributed by atoms with Gasteiger partial charge in [0.2, 0.25) is 0 Å². The van der Waals surface area contributed by atoms with Gasteiger partial charge in [-0.15, -0.1) is 69.1 Å². The molecule has 0 aliphatic rings. The number of benzene rings is 4. The maximum atomic E-state index is 4.93. The number of rotatable bonds is 4. The second kappa shape index (κ2) is 18.7. The van der Waals surface area contributed by atoms with Crippen molar-refractivity contribution in [3.8, 4) is 22.3 Å². The van der Waals surface area contributed by atoms with E-state index in [1.165, 1.54) is 54.9 Å². The van der Waals surface area contributed by atoms with Crippen LogP contribution in [0.2, 0.25) is 52.4 Å². The van der Waals surface area contributed by atoms with Crippen LogP contribution in [0.25, 0.3) is 43.8 Å². The van der Waals surface area contributed by atoms with Crippen LogP contribution in [0.4, 0.5) is 0 Å². The Morgan fingerprint density at radius 2 is 0.788 bits per heavy atom. The number of hydrogen-bond donors (Lipinski definition) is 0. The fraction of sp³-hybridized carbons (Fsp3) is 0.348. The van der Waals surface area contributed by atoms with Crippen LogP contribution in [-0.4, -0.2) is 25.7 Å². The van der Waals surface area contributed by atoms with Crippen molar-refractivity contribution in [2.75, 3.05) is 0 Å². The van der Waals surface area contributed by atoms with Crippen LogP contribution >= 0.6 is 17.0 Å². The Morgan fingerprint density at radius 1 is 0.500 bits per heavy atom. The first-order valence-corrected chi connectivity index (χ1v) is 33.7. The minimum absolute atomic E-state index is 0.189. The van der Waals surface area contributed by atoms with Crippen LogP contribution in [-0.2, 0) is 31.7 Å². The van der Waals surface area contributed by atoms with Crippen LogP contribution in [0.5, 0.6) is 0 Å². The van der Waals surface area contributed by atoms with Crippen LogP contribution in [0.1, 0.15) is 52.7 Å². The Bertz CT molecular complexity index is 1880. The molecule has 0 nitrogen and oxygen atoms in total. The zero-order chi connectivity index (χ0) is 39.1. The van der Waals surface area contributed by atoms with Crippen molar-refractivity contribution in [1.82, 2.24) is 0 Å². The van der Waals surface area contributed by atoms with Gasteiger partial charge in [-0.1, -0.05) is 176 Å². The summed E-state index contributed by atoms with van der Waals surface area (Å²) in [6.45, 7) is 32.6. The molecule has 0 aliphatic carbocycles. The average Bonchev–Trinajstić information content (AvgIpc) is 3.71. The third-order valence-corrected chi connectivity index (χ3v) is 13.4. The molecule has 274 valence electrons. The predicted molar refractivity (Wildman–Crippen MR) is 243 cm³/mol. The molecule has 2 radical (unpaired) electrons. The summed E-state index contributed by atoms with van der Waals surface area (Å²) in [5.74, 6) is 0. The van der Waals surface area contributed by atoms with Crippen LogP contribution in [0.3, 0.4) is 0 Å². The van der Waals surface area contributed by atoms with Gasteiger partial charge in [-0.25, -0.2) is 0 Å². The van der Waals surface area contributed by atoms with E-state index in [0.717, 1.165) is 9.52 Å². The monoisotopic (exact) mass is 856 g/mol. The first-order valence-electron chi connectivity index (χ1n) is 18.3. The van der Waals surface area contributed by atoms with E-state index in [1.807, 2.05) is 0 Å². The van der Waals surface area contributed by atoms with Crippen molar-refractivity contribution in [3.63, 3.8) is 0 Å². The normalized spacial score (nSPS) is 11.8. The van der Waals surface area contributed by atoms with E-state index in [0.29, 0.717) is 0 Å². The van der Waals surface area contributed by atoms with E-state index in [-0.39, 0.29) is 10.8 Å². The third-order valence-electron chi connectivity index (χ3n) is 9.28. The van der Waals surface area contributed by atoms with Crippen molar-refractivity contribution in [2.45, 2.75) is 105 Å². The van der Waals surface area contributed by atoms with Gasteiger partial charge in [0, 0.05) is 9.52 Å². The van der Waals surface area contributed by atoms with Gasteiger partial charge in [0.15, 0.2) is 0 Å². The quantitative estimate of drug-likeness (QED) is 0.122. The SMILES string of the molecule is CC(C)(C)c1cc2c(-c3ccccc3[Si](C)(C)C)cccc2[cH-]1.CC(C)(C)c1cc2c(-c3ccccc3[Si](C)(C)C)cccc2[cH-]1.C[Si]C.[Cl][Zr+2][Cl]. The molecule has 0 fully saturated rings. The zero-order valence-electron chi connectivity index (χ0n) is 34.1. The number of fused-ring (bicyclic) bond motifs is 2.